The van der Waals surface area contributed by atoms with Crippen LogP contribution in [0.3, 0.4) is 0 Å². The van der Waals surface area contributed by atoms with Crippen LogP contribution in [-0.4, -0.2) is 92.8 Å². The predicted molar refractivity (Wildman–Crippen MR) is 147 cm³/mol. The first-order valence-electron chi connectivity index (χ1n) is 14.3. The number of carbonyl (C=O) groups excluding carboxylic acids is 1. The molecule has 4 aliphatic heterocycles. The summed E-state index contributed by atoms with van der Waals surface area (Å²) in [6, 6.07) is 7.04. The molecule has 5 unspecified atom stereocenters. The van der Waals surface area contributed by atoms with Crippen molar-refractivity contribution in [1.29, 1.82) is 0 Å². The minimum absolute atomic E-state index is 0.0386. The van der Waals surface area contributed by atoms with Crippen LogP contribution in [0.15, 0.2) is 29.2 Å². The smallest absolute Gasteiger partial charge is 0.243 e. The molecular weight excluding hydrogens is 502 g/mol. The van der Waals surface area contributed by atoms with Crippen LogP contribution in [0.4, 0.5) is 5.69 Å². The first-order chi connectivity index (χ1) is 18.0. The summed E-state index contributed by atoms with van der Waals surface area (Å²) in [7, 11) is 0.359. The maximum absolute atomic E-state index is 13.6. The zero-order valence-electron chi connectivity index (χ0n) is 23.3. The van der Waals surface area contributed by atoms with E-state index in [0.717, 1.165) is 55.8 Å². The van der Waals surface area contributed by atoms with E-state index in [1.807, 2.05) is 41.0 Å². The molecule has 4 fully saturated rings. The first-order valence-corrected chi connectivity index (χ1v) is 15.8. The molecule has 4 aliphatic rings. The fourth-order valence-corrected chi connectivity index (χ4v) is 8.93. The largest absolute Gasteiger partial charge is 0.378 e. The molecule has 10 heteroatoms. The lowest BCUT2D eigenvalue weighted by atomic mass is 9.75. The zero-order valence-corrected chi connectivity index (χ0v) is 24.1. The number of carbonyl (C=O) groups is 1. The van der Waals surface area contributed by atoms with Gasteiger partial charge in [-0.3, -0.25) is 4.79 Å². The molecule has 1 aromatic carbocycles. The van der Waals surface area contributed by atoms with Crippen LogP contribution in [0.2, 0.25) is 0 Å². The summed E-state index contributed by atoms with van der Waals surface area (Å²) in [6.07, 6.45) is 4.57. The van der Waals surface area contributed by atoms with E-state index in [1.54, 1.807) is 16.4 Å². The molecule has 0 radical (unpaired) electrons. The van der Waals surface area contributed by atoms with Crippen molar-refractivity contribution in [2.75, 3.05) is 58.3 Å². The number of likely N-dealkylation sites (tertiary alicyclic amines) is 1. The van der Waals surface area contributed by atoms with E-state index in [2.05, 4.69) is 13.8 Å². The number of rotatable bonds is 5. The number of nitroso groups, excluding NO2 is 1. The Hall–Kier alpha value is -2.20. The molecule has 9 nitrogen and oxygen atoms in total. The lowest BCUT2D eigenvalue weighted by Crippen LogP contribution is -2.51. The third-order valence-corrected chi connectivity index (χ3v) is 11.3. The fourth-order valence-electron chi connectivity index (χ4n) is 7.46. The topological polar surface area (TPSA) is 84.2 Å². The van der Waals surface area contributed by atoms with Gasteiger partial charge >= 0.3 is 0 Å². The van der Waals surface area contributed by atoms with Crippen LogP contribution < -0.4 is 4.90 Å². The fraction of sp³-hybridized carbons (Fsp3) is 0.750. The van der Waals surface area contributed by atoms with Gasteiger partial charge in [-0.2, -0.15) is 4.31 Å². The van der Waals surface area contributed by atoms with Gasteiger partial charge in [-0.1, -0.05) is 13.8 Å². The van der Waals surface area contributed by atoms with Crippen molar-refractivity contribution in [2.45, 2.75) is 56.9 Å². The first kappa shape index (κ1) is 27.4. The average molecular weight is 547 g/mol. The van der Waals surface area contributed by atoms with Crippen molar-refractivity contribution in [3.8, 4) is 0 Å². The van der Waals surface area contributed by atoms with Gasteiger partial charge in [0.25, 0.3) is 0 Å². The minimum atomic E-state index is -3.51. The molecule has 5 rings (SSSR count). The molecule has 4 heterocycles. The van der Waals surface area contributed by atoms with Crippen LogP contribution in [0.25, 0.3) is 0 Å². The summed E-state index contributed by atoms with van der Waals surface area (Å²) in [5, 5.41) is 1.90. The lowest BCUT2D eigenvalue weighted by molar-refractivity contribution is -0.692. The second-order valence-corrected chi connectivity index (χ2v) is 14.4. The van der Waals surface area contributed by atoms with Gasteiger partial charge in [0.15, 0.2) is 0 Å². The van der Waals surface area contributed by atoms with Crippen LogP contribution in [0.5, 0.6) is 0 Å². The quantitative estimate of drug-likeness (QED) is 0.528. The Morgan fingerprint density at radius 2 is 1.53 bits per heavy atom. The molecule has 4 saturated heterocycles. The van der Waals surface area contributed by atoms with E-state index < -0.39 is 10.0 Å². The molecular formula is C28H44N5O4S+. The van der Waals surface area contributed by atoms with Crippen molar-refractivity contribution >= 4 is 21.6 Å². The number of hydrazine groups is 1. The highest BCUT2D eigenvalue weighted by Gasteiger charge is 2.54. The number of amides is 1. The van der Waals surface area contributed by atoms with Crippen LogP contribution in [-0.2, 0) is 14.8 Å². The lowest BCUT2D eigenvalue weighted by Gasteiger charge is -2.41. The Kier molecular flexibility index (Phi) is 7.75. The van der Waals surface area contributed by atoms with Gasteiger partial charge in [0.2, 0.25) is 22.5 Å². The van der Waals surface area contributed by atoms with Crippen LogP contribution in [0.1, 0.15) is 46.0 Å². The average Bonchev–Trinajstić information content (AvgIpc) is 3.23. The molecule has 0 N–H and O–H groups in total. The molecule has 5 atom stereocenters. The number of hydrogen-bond acceptors (Lipinski definition) is 5. The Labute approximate surface area is 227 Å². The van der Waals surface area contributed by atoms with E-state index in [-0.39, 0.29) is 24.4 Å². The minimum Gasteiger partial charge on any atom is -0.378 e. The summed E-state index contributed by atoms with van der Waals surface area (Å²) in [5.74, 6) is 1.72. The van der Waals surface area contributed by atoms with E-state index in [4.69, 9.17) is 0 Å². The predicted octanol–water partition coefficient (Wildman–Crippen LogP) is 3.06. The van der Waals surface area contributed by atoms with Gasteiger partial charge in [0.05, 0.1) is 16.3 Å². The van der Waals surface area contributed by atoms with E-state index in [1.165, 1.54) is 0 Å². The molecule has 0 bridgehead atoms. The third kappa shape index (κ3) is 5.30. The summed E-state index contributed by atoms with van der Waals surface area (Å²) < 4.78 is 28.2. The molecule has 1 amide bonds. The van der Waals surface area contributed by atoms with E-state index in [9.17, 15) is 18.1 Å². The highest BCUT2D eigenvalue weighted by molar-refractivity contribution is 7.89. The van der Waals surface area contributed by atoms with Gasteiger partial charge in [0.1, 0.15) is 16.8 Å². The summed E-state index contributed by atoms with van der Waals surface area (Å²) in [6.45, 7) is 7.99. The molecule has 210 valence electrons. The number of benzene rings is 1. The number of sulfonamides is 1. The number of piperidine rings is 3. The second-order valence-electron chi connectivity index (χ2n) is 12.5. The van der Waals surface area contributed by atoms with Gasteiger partial charge in [-0.15, -0.1) is 5.01 Å². The third-order valence-electron chi connectivity index (χ3n) is 9.41. The van der Waals surface area contributed by atoms with Crippen LogP contribution in [0, 0.1) is 34.5 Å². The highest BCUT2D eigenvalue weighted by atomic mass is 32.2. The van der Waals surface area contributed by atoms with E-state index in [0.29, 0.717) is 48.2 Å². The number of hydrogen-bond donors (Lipinski definition) is 0. The highest BCUT2D eigenvalue weighted by Crippen LogP contribution is 2.41. The standard InChI is InChI=1S/C28H44N5O4S/c1-20-15-21(2)18-30(17-20)28(34)26-19-33(35)32-14-11-23(16-27(26)32)22-9-12-31(13-10-22)38(36,37)25-7-5-24(6-8-25)29(3)4/h5-8,20-23,26-27H,9-19H2,1-4H3/q+1. The van der Waals surface area contributed by atoms with Crippen molar-refractivity contribution in [3.05, 3.63) is 29.2 Å². The Balaban J connectivity index is 1.21. The van der Waals surface area contributed by atoms with Crippen molar-refractivity contribution < 1.29 is 18.1 Å². The molecule has 0 aliphatic carbocycles. The maximum atomic E-state index is 13.6. The molecule has 0 aromatic heterocycles. The van der Waals surface area contributed by atoms with Crippen molar-refractivity contribution in [1.82, 2.24) is 14.2 Å². The Morgan fingerprint density at radius 1 is 0.921 bits per heavy atom. The van der Waals surface area contributed by atoms with Gasteiger partial charge in [0, 0.05) is 46.0 Å². The van der Waals surface area contributed by atoms with Gasteiger partial charge < -0.3 is 9.80 Å². The van der Waals surface area contributed by atoms with Gasteiger partial charge in [-0.05, 0) is 80.0 Å². The van der Waals surface area contributed by atoms with E-state index >= 15 is 0 Å². The maximum Gasteiger partial charge on any atom is 0.243 e. The molecule has 0 saturated carbocycles. The number of fused-ring (bicyclic) bond motifs is 1. The second kappa shape index (κ2) is 10.8. The summed E-state index contributed by atoms with van der Waals surface area (Å²) in [5.41, 5.74) is 0.971. The Morgan fingerprint density at radius 3 is 2.13 bits per heavy atom. The Bertz CT molecular complexity index is 1120. The zero-order chi connectivity index (χ0) is 27.2. The van der Waals surface area contributed by atoms with Crippen molar-refractivity contribution in [3.63, 3.8) is 0 Å². The van der Waals surface area contributed by atoms with Gasteiger partial charge in [-0.25, -0.2) is 8.42 Å². The normalized spacial score (nSPS) is 31.4. The molecule has 1 aromatic rings. The SMILES string of the molecule is CC1CC(C)CN(C(=O)C2C[N+](=O)N3CCC(C4CCN(S(=O)(=O)c5ccc(N(C)C)cc5)CC4)CC23)C1. The summed E-state index contributed by atoms with van der Waals surface area (Å²) in [4.78, 5) is 31.7. The number of nitrogens with zero attached hydrogens (tertiary/aromatic N) is 5. The molecule has 38 heavy (non-hydrogen) atoms. The molecule has 0 spiro atoms. The monoisotopic (exact) mass is 546 g/mol. The van der Waals surface area contributed by atoms with Crippen LogP contribution >= 0.6 is 0 Å². The number of anilines is 1. The summed E-state index contributed by atoms with van der Waals surface area (Å²) >= 11 is 0. The van der Waals surface area contributed by atoms with Crippen molar-refractivity contribution in [2.24, 2.45) is 29.6 Å².